The molecule has 3 N–H and O–H groups in total. The van der Waals surface area contributed by atoms with Gasteiger partial charge in [0.1, 0.15) is 11.4 Å². The van der Waals surface area contributed by atoms with Crippen molar-refractivity contribution in [3.63, 3.8) is 0 Å². The molecule has 162 valence electrons. The van der Waals surface area contributed by atoms with Crippen LogP contribution in [0.25, 0.3) is 0 Å². The van der Waals surface area contributed by atoms with Crippen molar-refractivity contribution in [2.24, 2.45) is 16.7 Å². The van der Waals surface area contributed by atoms with Crippen molar-refractivity contribution >= 4 is 11.9 Å². The van der Waals surface area contributed by atoms with Crippen molar-refractivity contribution in [1.82, 2.24) is 5.32 Å². The van der Waals surface area contributed by atoms with Crippen molar-refractivity contribution in [3.8, 4) is 0 Å². The van der Waals surface area contributed by atoms with Gasteiger partial charge >= 0.3 is 6.09 Å². The van der Waals surface area contributed by atoms with E-state index in [0.717, 1.165) is 0 Å². The van der Waals surface area contributed by atoms with E-state index in [1.54, 1.807) is 32.9 Å². The summed E-state index contributed by atoms with van der Waals surface area (Å²) in [5.74, 6) is -3.17. The van der Waals surface area contributed by atoms with E-state index in [0.29, 0.717) is 12.0 Å². The number of hydrogen-bond acceptors (Lipinski definition) is 6. The molecule has 0 bridgehead atoms. The number of hydrogen-bond donors (Lipinski definition) is 3. The highest BCUT2D eigenvalue weighted by Crippen LogP contribution is 2.65. The highest BCUT2D eigenvalue weighted by molar-refractivity contribution is 5.87. The van der Waals surface area contributed by atoms with Gasteiger partial charge in [0.25, 0.3) is 0 Å². The molecule has 1 amide bonds. The lowest BCUT2D eigenvalue weighted by molar-refractivity contribution is -0.305. The molecule has 0 aromatic rings. The molecule has 1 heterocycles. The molecule has 3 rings (SSSR count). The Morgan fingerprint density at radius 2 is 1.90 bits per heavy atom. The molecule has 29 heavy (non-hydrogen) atoms. The molecule has 0 unspecified atom stereocenters. The SMILES string of the molecule is C=C[C@@]1(C)CC(=O)[C@H]2[C@](C)(O1)[C@@H](OC(=O)NC)C=C1C(C)(C)CCC(O)(O)[C@@]12C. The van der Waals surface area contributed by atoms with E-state index in [2.05, 4.69) is 11.9 Å². The molecule has 7 heteroatoms. The maximum absolute atomic E-state index is 13.5. The number of ether oxygens (including phenoxy) is 2. The van der Waals surface area contributed by atoms with Gasteiger partial charge < -0.3 is 25.0 Å². The molecular formula is C22H33NO6. The summed E-state index contributed by atoms with van der Waals surface area (Å²) in [4.78, 5) is 25.7. The zero-order valence-electron chi connectivity index (χ0n) is 18.2. The van der Waals surface area contributed by atoms with Crippen LogP contribution in [-0.2, 0) is 14.3 Å². The molecule has 0 aromatic carbocycles. The topological polar surface area (TPSA) is 105 Å². The third kappa shape index (κ3) is 2.97. The van der Waals surface area contributed by atoms with Gasteiger partial charge in [-0.05, 0) is 38.7 Å². The molecule has 0 spiro atoms. The second kappa shape index (κ2) is 6.40. The highest BCUT2D eigenvalue weighted by atomic mass is 16.6. The summed E-state index contributed by atoms with van der Waals surface area (Å²) in [6.45, 7) is 13.0. The fourth-order valence-electron chi connectivity index (χ4n) is 5.82. The first-order valence-corrected chi connectivity index (χ1v) is 10.1. The van der Waals surface area contributed by atoms with E-state index >= 15 is 0 Å². The number of ketones is 1. The van der Waals surface area contributed by atoms with E-state index in [1.807, 2.05) is 13.8 Å². The number of nitrogens with one attached hydrogen (secondary N) is 1. The Morgan fingerprint density at radius 1 is 1.28 bits per heavy atom. The molecular weight excluding hydrogens is 374 g/mol. The average molecular weight is 408 g/mol. The highest BCUT2D eigenvalue weighted by Gasteiger charge is 2.71. The molecule has 1 saturated carbocycles. The maximum Gasteiger partial charge on any atom is 0.407 e. The van der Waals surface area contributed by atoms with E-state index in [9.17, 15) is 19.8 Å². The van der Waals surface area contributed by atoms with Gasteiger partial charge in [0.05, 0.1) is 16.9 Å². The summed E-state index contributed by atoms with van der Waals surface area (Å²) in [7, 11) is 1.46. The number of carbonyl (C=O) groups excluding carboxylic acids is 2. The lowest BCUT2D eigenvalue weighted by atomic mass is 9.45. The maximum atomic E-state index is 13.5. The predicted octanol–water partition coefficient (Wildman–Crippen LogP) is 2.47. The van der Waals surface area contributed by atoms with E-state index < -0.39 is 45.9 Å². The Kier molecular flexibility index (Phi) is 4.85. The average Bonchev–Trinajstić information content (AvgIpc) is 2.60. The smallest absolute Gasteiger partial charge is 0.407 e. The Hall–Kier alpha value is -1.70. The Bertz CT molecular complexity index is 786. The number of amides is 1. The van der Waals surface area contributed by atoms with Crippen LogP contribution in [0.5, 0.6) is 0 Å². The van der Waals surface area contributed by atoms with Crippen LogP contribution >= 0.6 is 0 Å². The van der Waals surface area contributed by atoms with Gasteiger partial charge in [-0.25, -0.2) is 4.79 Å². The lowest BCUT2D eigenvalue weighted by Crippen LogP contribution is -2.73. The van der Waals surface area contributed by atoms with E-state index in [1.165, 1.54) is 7.05 Å². The summed E-state index contributed by atoms with van der Waals surface area (Å²) in [6, 6.07) is 0. The Labute approximate surface area is 172 Å². The van der Waals surface area contributed by atoms with Gasteiger partial charge in [-0.2, -0.15) is 0 Å². The Balaban J connectivity index is 2.29. The van der Waals surface area contributed by atoms with Crippen molar-refractivity contribution in [2.75, 3.05) is 7.05 Å². The molecule has 2 fully saturated rings. The van der Waals surface area contributed by atoms with Crippen LogP contribution in [0.2, 0.25) is 0 Å². The number of rotatable bonds is 2. The monoisotopic (exact) mass is 407 g/mol. The molecule has 1 aliphatic heterocycles. The molecule has 0 aromatic heterocycles. The van der Waals surface area contributed by atoms with Crippen LogP contribution in [0, 0.1) is 16.7 Å². The summed E-state index contributed by atoms with van der Waals surface area (Å²) in [5.41, 5.74) is -3.24. The molecule has 5 atom stereocenters. The van der Waals surface area contributed by atoms with Crippen LogP contribution in [0.1, 0.15) is 53.9 Å². The molecule has 2 aliphatic carbocycles. The molecule has 1 saturated heterocycles. The summed E-state index contributed by atoms with van der Waals surface area (Å²) >= 11 is 0. The summed E-state index contributed by atoms with van der Waals surface area (Å²) < 4.78 is 12.1. The van der Waals surface area contributed by atoms with Crippen LogP contribution < -0.4 is 5.32 Å². The molecule has 3 aliphatic rings. The number of carbonyl (C=O) groups is 2. The number of aliphatic hydroxyl groups is 2. The fraction of sp³-hybridized carbons (Fsp3) is 0.727. The molecule has 7 nitrogen and oxygen atoms in total. The van der Waals surface area contributed by atoms with E-state index in [4.69, 9.17) is 9.47 Å². The third-order valence-corrected chi connectivity index (χ3v) is 7.42. The van der Waals surface area contributed by atoms with Gasteiger partial charge in [-0.3, -0.25) is 4.79 Å². The first-order chi connectivity index (χ1) is 13.2. The van der Waals surface area contributed by atoms with Crippen LogP contribution in [0.4, 0.5) is 4.79 Å². The van der Waals surface area contributed by atoms with Gasteiger partial charge in [0, 0.05) is 19.9 Å². The van der Waals surface area contributed by atoms with Crippen LogP contribution in [0.15, 0.2) is 24.3 Å². The third-order valence-electron chi connectivity index (χ3n) is 7.42. The largest absolute Gasteiger partial charge is 0.439 e. The van der Waals surface area contributed by atoms with Gasteiger partial charge in [-0.15, -0.1) is 6.58 Å². The first-order valence-electron chi connectivity index (χ1n) is 10.1. The second-order valence-corrected chi connectivity index (χ2v) is 9.94. The zero-order chi connectivity index (χ0) is 22.0. The fourth-order valence-corrected chi connectivity index (χ4v) is 5.82. The quantitative estimate of drug-likeness (QED) is 0.480. The number of Topliss-reactive ketones (excluding diaryl/α,β-unsaturated/α-hetero) is 1. The predicted molar refractivity (Wildman–Crippen MR) is 107 cm³/mol. The summed E-state index contributed by atoms with van der Waals surface area (Å²) in [6.07, 6.45) is 2.51. The van der Waals surface area contributed by atoms with Crippen molar-refractivity contribution in [2.45, 2.75) is 77.0 Å². The normalized spacial score (nSPS) is 42.8. The first kappa shape index (κ1) is 22.0. The summed E-state index contributed by atoms with van der Waals surface area (Å²) in [5, 5.41) is 24.6. The van der Waals surface area contributed by atoms with Gasteiger partial charge in [-0.1, -0.05) is 25.5 Å². The van der Waals surface area contributed by atoms with Crippen molar-refractivity contribution in [1.29, 1.82) is 0 Å². The van der Waals surface area contributed by atoms with E-state index in [-0.39, 0.29) is 18.6 Å². The van der Waals surface area contributed by atoms with Gasteiger partial charge in [0.15, 0.2) is 11.9 Å². The standard InChI is InChI=1S/C22H33NO6/c1-8-19(4)12-13(24)16-20(5)14(18(2,3)9-10-22(20,26)27)11-15(21(16,6)29-19)28-17(25)23-7/h8,11,15-16,26-27H,1,9-10,12H2,2-7H3,(H,23,25)/t15-,16+,19-,20-,21+/m0/s1. The van der Waals surface area contributed by atoms with Crippen molar-refractivity contribution < 1.29 is 29.3 Å². The molecule has 0 radical (unpaired) electrons. The minimum Gasteiger partial charge on any atom is -0.439 e. The number of fused-ring (bicyclic) bond motifs is 3. The zero-order valence-corrected chi connectivity index (χ0v) is 18.2. The lowest BCUT2D eigenvalue weighted by Gasteiger charge is -2.64. The second-order valence-electron chi connectivity index (χ2n) is 9.94. The minimum atomic E-state index is -2.10. The number of alkyl carbamates (subject to hydrolysis) is 1. The van der Waals surface area contributed by atoms with Crippen molar-refractivity contribution in [3.05, 3.63) is 24.3 Å². The van der Waals surface area contributed by atoms with Gasteiger partial charge in [0.2, 0.25) is 0 Å². The van der Waals surface area contributed by atoms with Crippen LogP contribution in [0.3, 0.4) is 0 Å². The van der Waals surface area contributed by atoms with Crippen LogP contribution in [-0.4, -0.2) is 52.2 Å². The minimum absolute atomic E-state index is 0.0584. The Morgan fingerprint density at radius 3 is 2.45 bits per heavy atom.